The van der Waals surface area contributed by atoms with E-state index in [9.17, 15) is 9.59 Å². The Morgan fingerprint density at radius 3 is 2.96 bits per heavy atom. The average molecular weight is 322 g/mol. The van der Waals surface area contributed by atoms with Crippen LogP contribution >= 0.6 is 0 Å². The molecule has 0 radical (unpaired) electrons. The molecule has 4 aromatic rings. The third-order valence-electron chi connectivity index (χ3n) is 3.39. The Hall–Kier alpha value is -3.55. The summed E-state index contributed by atoms with van der Waals surface area (Å²) >= 11 is 0. The molecule has 0 fully saturated rings. The van der Waals surface area contributed by atoms with Crippen molar-refractivity contribution < 1.29 is 13.9 Å². The molecular formula is C16H10N4O4. The number of nitrogens with one attached hydrogen (secondary N) is 1. The Labute approximate surface area is 134 Å². The predicted molar refractivity (Wildman–Crippen MR) is 83.3 cm³/mol. The van der Waals surface area contributed by atoms with Gasteiger partial charge in [-0.3, -0.25) is 9.78 Å². The molecule has 0 aliphatic carbocycles. The van der Waals surface area contributed by atoms with Gasteiger partial charge in [-0.1, -0.05) is 12.1 Å². The highest BCUT2D eigenvalue weighted by atomic mass is 16.5. The van der Waals surface area contributed by atoms with Crippen LogP contribution in [-0.4, -0.2) is 25.9 Å². The van der Waals surface area contributed by atoms with Gasteiger partial charge in [-0.25, -0.2) is 14.8 Å². The van der Waals surface area contributed by atoms with Gasteiger partial charge in [0, 0.05) is 17.8 Å². The van der Waals surface area contributed by atoms with Crippen LogP contribution in [0.2, 0.25) is 0 Å². The minimum atomic E-state index is -0.650. The number of aromatic nitrogens is 4. The van der Waals surface area contributed by atoms with Gasteiger partial charge < -0.3 is 14.1 Å². The van der Waals surface area contributed by atoms with Crippen molar-refractivity contribution >= 4 is 28.0 Å². The summed E-state index contributed by atoms with van der Waals surface area (Å²) in [5.41, 5.74) is 0.788. The molecule has 0 amide bonds. The first-order chi connectivity index (χ1) is 11.7. The first-order valence-electron chi connectivity index (χ1n) is 7.06. The number of benzene rings is 1. The quantitative estimate of drug-likeness (QED) is 0.573. The van der Waals surface area contributed by atoms with E-state index in [1.807, 2.05) is 18.2 Å². The molecule has 8 nitrogen and oxygen atoms in total. The Morgan fingerprint density at radius 2 is 2.12 bits per heavy atom. The second-order valence-corrected chi connectivity index (χ2v) is 4.96. The zero-order chi connectivity index (χ0) is 16.5. The molecule has 3 heterocycles. The fourth-order valence-corrected chi connectivity index (χ4v) is 2.33. The van der Waals surface area contributed by atoms with Crippen LogP contribution in [-0.2, 0) is 11.3 Å². The maximum Gasteiger partial charge on any atom is 0.358 e. The van der Waals surface area contributed by atoms with Crippen molar-refractivity contribution in [3.63, 3.8) is 0 Å². The molecule has 24 heavy (non-hydrogen) atoms. The molecule has 118 valence electrons. The summed E-state index contributed by atoms with van der Waals surface area (Å²) in [5.74, 6) is -0.431. The van der Waals surface area contributed by atoms with Gasteiger partial charge in [0.2, 0.25) is 5.58 Å². The number of aromatic amines is 1. The fraction of sp³-hybridized carbons (Fsp3) is 0.0625. The van der Waals surface area contributed by atoms with Crippen LogP contribution in [0.15, 0.2) is 52.1 Å². The monoisotopic (exact) mass is 322 g/mol. The number of rotatable bonds is 3. The van der Waals surface area contributed by atoms with Gasteiger partial charge in [0.05, 0.1) is 6.20 Å². The lowest BCUT2D eigenvalue weighted by Gasteiger charge is -2.03. The Bertz CT molecular complexity index is 1100. The highest BCUT2D eigenvalue weighted by Crippen LogP contribution is 2.24. The molecular weight excluding hydrogens is 312 g/mol. The van der Waals surface area contributed by atoms with Crippen LogP contribution in [0.1, 0.15) is 16.3 Å². The molecule has 3 aromatic heterocycles. The number of furan rings is 1. The topological polar surface area (TPSA) is 111 Å². The molecule has 0 saturated heterocycles. The van der Waals surface area contributed by atoms with E-state index >= 15 is 0 Å². The van der Waals surface area contributed by atoms with E-state index in [0.717, 1.165) is 5.39 Å². The maximum absolute atomic E-state index is 12.1. The smallest absolute Gasteiger partial charge is 0.358 e. The van der Waals surface area contributed by atoms with Crippen molar-refractivity contribution in [3.05, 3.63) is 64.7 Å². The van der Waals surface area contributed by atoms with Gasteiger partial charge in [-0.2, -0.15) is 0 Å². The minimum absolute atomic E-state index is 0.0784. The molecule has 1 aromatic carbocycles. The van der Waals surface area contributed by atoms with Crippen LogP contribution in [0, 0.1) is 0 Å². The second-order valence-electron chi connectivity index (χ2n) is 4.96. The van der Waals surface area contributed by atoms with Crippen LogP contribution in [0.25, 0.3) is 22.1 Å². The Kier molecular flexibility index (Phi) is 3.27. The number of nitrogens with zero attached hydrogens (tertiary/aromatic N) is 3. The first-order valence-corrected chi connectivity index (χ1v) is 7.06. The fourth-order valence-electron chi connectivity index (χ4n) is 2.33. The second kappa shape index (κ2) is 5.58. The number of hydrogen-bond acceptors (Lipinski definition) is 7. The zero-order valence-corrected chi connectivity index (χ0v) is 12.2. The normalized spacial score (nSPS) is 11.0. The van der Waals surface area contributed by atoms with Crippen LogP contribution in [0.4, 0.5) is 0 Å². The minimum Gasteiger partial charge on any atom is -0.453 e. The van der Waals surface area contributed by atoms with Crippen LogP contribution in [0.3, 0.4) is 0 Å². The molecule has 0 aliphatic heterocycles. The summed E-state index contributed by atoms with van der Waals surface area (Å²) in [6.45, 7) is -0.194. The Balaban J connectivity index is 1.66. The van der Waals surface area contributed by atoms with Gasteiger partial charge in [0.15, 0.2) is 5.69 Å². The largest absolute Gasteiger partial charge is 0.453 e. The summed E-state index contributed by atoms with van der Waals surface area (Å²) in [5, 5.41) is 0.722. The van der Waals surface area contributed by atoms with Gasteiger partial charge in [0.25, 0.3) is 5.56 Å². The number of para-hydroxylation sites is 1. The van der Waals surface area contributed by atoms with Crippen molar-refractivity contribution in [2.45, 2.75) is 6.61 Å². The van der Waals surface area contributed by atoms with Gasteiger partial charge in [-0.05, 0) is 12.1 Å². The van der Waals surface area contributed by atoms with E-state index in [1.54, 1.807) is 6.07 Å². The SMILES string of the molecule is O=C(OCc1nc2c(oc3ccccc32)c(=O)[nH]1)c1cnccn1. The molecule has 8 heteroatoms. The number of carbonyl (C=O) groups is 1. The van der Waals surface area contributed by atoms with E-state index in [0.29, 0.717) is 11.1 Å². The number of H-pyrrole nitrogens is 1. The van der Waals surface area contributed by atoms with E-state index in [-0.39, 0.29) is 23.7 Å². The molecule has 0 saturated carbocycles. The summed E-state index contributed by atoms with van der Waals surface area (Å²) in [4.78, 5) is 38.5. The number of ether oxygens (including phenoxy) is 1. The van der Waals surface area contributed by atoms with E-state index < -0.39 is 11.5 Å². The lowest BCUT2D eigenvalue weighted by Crippen LogP contribution is -2.14. The third kappa shape index (κ3) is 2.39. The summed E-state index contributed by atoms with van der Waals surface area (Å²) in [6.07, 6.45) is 4.14. The van der Waals surface area contributed by atoms with Crippen molar-refractivity contribution in [1.82, 2.24) is 19.9 Å². The standard InChI is InChI=1S/C16H10N4O4/c21-15-14-13(9-3-1-2-4-11(9)24-14)19-12(20-15)8-23-16(22)10-7-17-5-6-18-10/h1-7H,8H2,(H,19,20,21). The van der Waals surface area contributed by atoms with Crippen LogP contribution in [0.5, 0.6) is 0 Å². The van der Waals surface area contributed by atoms with Gasteiger partial charge in [-0.15, -0.1) is 0 Å². The average Bonchev–Trinajstić information content (AvgIpc) is 3.00. The Morgan fingerprint density at radius 1 is 1.25 bits per heavy atom. The maximum atomic E-state index is 12.1. The molecule has 0 bridgehead atoms. The highest BCUT2D eigenvalue weighted by Gasteiger charge is 2.14. The highest BCUT2D eigenvalue weighted by molar-refractivity contribution is 6.01. The molecule has 4 rings (SSSR count). The van der Waals surface area contributed by atoms with Gasteiger partial charge in [0.1, 0.15) is 23.5 Å². The van der Waals surface area contributed by atoms with E-state index in [1.165, 1.54) is 18.6 Å². The molecule has 0 unspecified atom stereocenters. The molecule has 0 spiro atoms. The predicted octanol–water partition coefficient (Wildman–Crippen LogP) is 1.82. The van der Waals surface area contributed by atoms with Crippen LogP contribution < -0.4 is 5.56 Å². The van der Waals surface area contributed by atoms with Crippen molar-refractivity contribution in [3.8, 4) is 0 Å². The number of hydrogen-bond donors (Lipinski definition) is 1. The van der Waals surface area contributed by atoms with E-state index in [2.05, 4.69) is 19.9 Å². The summed E-state index contributed by atoms with van der Waals surface area (Å²) < 4.78 is 10.6. The summed E-state index contributed by atoms with van der Waals surface area (Å²) in [7, 11) is 0. The zero-order valence-electron chi connectivity index (χ0n) is 12.2. The number of esters is 1. The lowest BCUT2D eigenvalue weighted by atomic mass is 10.2. The molecule has 1 N–H and O–H groups in total. The van der Waals surface area contributed by atoms with E-state index in [4.69, 9.17) is 9.15 Å². The van der Waals surface area contributed by atoms with Crippen molar-refractivity contribution in [1.29, 1.82) is 0 Å². The molecule has 0 atom stereocenters. The number of fused-ring (bicyclic) bond motifs is 3. The van der Waals surface area contributed by atoms with Gasteiger partial charge >= 0.3 is 5.97 Å². The lowest BCUT2D eigenvalue weighted by molar-refractivity contribution is 0.0455. The number of carbonyl (C=O) groups excluding carboxylic acids is 1. The summed E-state index contributed by atoms with van der Waals surface area (Å²) in [6, 6.07) is 7.20. The third-order valence-corrected chi connectivity index (χ3v) is 3.39. The van der Waals surface area contributed by atoms with Crippen molar-refractivity contribution in [2.24, 2.45) is 0 Å². The van der Waals surface area contributed by atoms with Crippen molar-refractivity contribution in [2.75, 3.05) is 0 Å². The molecule has 0 aliphatic rings. The first kappa shape index (κ1) is 14.1.